The van der Waals surface area contributed by atoms with Crippen LogP contribution in [0.5, 0.6) is 11.6 Å². The van der Waals surface area contributed by atoms with Crippen LogP contribution in [0.15, 0.2) is 48.5 Å². The number of halogens is 2. The molecule has 0 spiro atoms. The smallest absolute Gasteiger partial charge is 0.227 e. The van der Waals surface area contributed by atoms with Crippen molar-refractivity contribution in [2.24, 2.45) is 0 Å². The molecule has 1 aromatic heterocycles. The van der Waals surface area contributed by atoms with Gasteiger partial charge in [-0.3, -0.25) is 4.90 Å². The minimum atomic E-state index is -0.475. The van der Waals surface area contributed by atoms with Gasteiger partial charge in [-0.2, -0.15) is 5.10 Å². The highest BCUT2D eigenvalue weighted by Crippen LogP contribution is 2.32. The van der Waals surface area contributed by atoms with Gasteiger partial charge < -0.3 is 9.84 Å². The molecule has 3 aromatic rings. The summed E-state index contributed by atoms with van der Waals surface area (Å²) in [7, 11) is 0. The largest absolute Gasteiger partial charge is 0.438 e. The van der Waals surface area contributed by atoms with E-state index in [-0.39, 0.29) is 5.82 Å². The van der Waals surface area contributed by atoms with Crippen molar-refractivity contribution >= 4 is 0 Å². The van der Waals surface area contributed by atoms with Crippen LogP contribution in [-0.4, -0.2) is 39.0 Å². The van der Waals surface area contributed by atoms with E-state index in [1.165, 1.54) is 24.3 Å². The Kier molecular flexibility index (Phi) is 7.18. The van der Waals surface area contributed by atoms with Crippen molar-refractivity contribution in [2.45, 2.75) is 39.8 Å². The number of aliphatic hydroxyl groups is 1. The first-order valence-corrected chi connectivity index (χ1v) is 10.1. The topological polar surface area (TPSA) is 50.5 Å². The lowest BCUT2D eigenvalue weighted by Gasteiger charge is -2.23. The molecular formula is C23H27F2N3O2. The minimum Gasteiger partial charge on any atom is -0.438 e. The van der Waals surface area contributed by atoms with Gasteiger partial charge in [0, 0.05) is 19.2 Å². The van der Waals surface area contributed by atoms with E-state index in [2.05, 4.69) is 16.9 Å². The number of benzene rings is 2. The van der Waals surface area contributed by atoms with E-state index in [1.807, 2.05) is 6.92 Å². The van der Waals surface area contributed by atoms with E-state index in [4.69, 9.17) is 4.74 Å². The first kappa shape index (κ1) is 21.9. The highest BCUT2D eigenvalue weighted by molar-refractivity contribution is 5.43. The molecule has 0 radical (unpaired) electrons. The Balaban J connectivity index is 2.04. The van der Waals surface area contributed by atoms with Gasteiger partial charge in [-0.05, 0) is 63.2 Å². The van der Waals surface area contributed by atoms with Crippen molar-refractivity contribution in [3.63, 3.8) is 0 Å². The van der Waals surface area contributed by atoms with E-state index >= 15 is 0 Å². The Morgan fingerprint density at radius 3 is 2.50 bits per heavy atom. The average molecular weight is 415 g/mol. The van der Waals surface area contributed by atoms with Gasteiger partial charge in [0.25, 0.3) is 0 Å². The van der Waals surface area contributed by atoms with Crippen LogP contribution < -0.4 is 4.74 Å². The molecule has 2 aromatic carbocycles. The van der Waals surface area contributed by atoms with E-state index in [9.17, 15) is 13.9 Å². The summed E-state index contributed by atoms with van der Waals surface area (Å²) in [5.41, 5.74) is 2.21. The fraction of sp³-hybridized carbons (Fsp3) is 0.348. The Morgan fingerprint density at radius 2 is 1.87 bits per heavy atom. The summed E-state index contributed by atoms with van der Waals surface area (Å²) in [4.78, 5) is 2.13. The molecule has 1 atom stereocenters. The maximum absolute atomic E-state index is 13.7. The Bertz CT molecular complexity index is 971. The minimum absolute atomic E-state index is 0.345. The molecule has 1 heterocycles. The lowest BCUT2D eigenvalue weighted by Crippen LogP contribution is -2.31. The van der Waals surface area contributed by atoms with E-state index in [1.54, 1.807) is 35.9 Å². The summed E-state index contributed by atoms with van der Waals surface area (Å²) in [6.45, 7) is 7.52. The van der Waals surface area contributed by atoms with Gasteiger partial charge in [0.1, 0.15) is 17.4 Å². The molecule has 0 fully saturated rings. The van der Waals surface area contributed by atoms with Crippen molar-refractivity contribution in [3.8, 4) is 17.3 Å². The normalized spacial score (nSPS) is 12.4. The zero-order valence-electron chi connectivity index (χ0n) is 17.5. The Morgan fingerprint density at radius 1 is 1.13 bits per heavy atom. The van der Waals surface area contributed by atoms with Gasteiger partial charge in [-0.15, -0.1) is 0 Å². The van der Waals surface area contributed by atoms with Crippen LogP contribution in [-0.2, 0) is 6.54 Å². The van der Waals surface area contributed by atoms with Gasteiger partial charge in [0.15, 0.2) is 0 Å². The van der Waals surface area contributed by atoms with E-state index in [0.717, 1.165) is 24.2 Å². The third-order valence-electron chi connectivity index (χ3n) is 4.66. The summed E-state index contributed by atoms with van der Waals surface area (Å²) in [6.07, 6.45) is 0.453. The van der Waals surface area contributed by atoms with Crippen LogP contribution in [0, 0.1) is 18.6 Å². The zero-order chi connectivity index (χ0) is 21.7. The summed E-state index contributed by atoms with van der Waals surface area (Å²) >= 11 is 0. The van der Waals surface area contributed by atoms with Crippen molar-refractivity contribution < 1.29 is 18.6 Å². The molecule has 7 heteroatoms. The number of aromatic nitrogens is 2. The Labute approximate surface area is 175 Å². The molecule has 0 aliphatic carbocycles. The number of hydrogen-bond donors (Lipinski definition) is 1. The number of hydrogen-bond acceptors (Lipinski definition) is 4. The molecule has 0 amide bonds. The SMILES string of the molecule is CCCN(Cc1c(C)nn(-c2ccc(F)cc2)c1Oc1cccc(F)c1)C[C@H](C)O. The van der Waals surface area contributed by atoms with Crippen molar-refractivity contribution in [1.82, 2.24) is 14.7 Å². The number of aliphatic hydroxyl groups excluding tert-OH is 1. The van der Waals surface area contributed by atoms with Crippen molar-refractivity contribution in [1.29, 1.82) is 0 Å². The van der Waals surface area contributed by atoms with Crippen LogP contribution in [0.1, 0.15) is 31.5 Å². The number of ether oxygens (including phenoxy) is 1. The molecule has 5 nitrogen and oxygen atoms in total. The number of rotatable bonds is 9. The molecule has 0 bridgehead atoms. The fourth-order valence-corrected chi connectivity index (χ4v) is 3.37. The van der Waals surface area contributed by atoms with Gasteiger partial charge >= 0.3 is 0 Å². The molecule has 0 aliphatic heterocycles. The third kappa shape index (κ3) is 5.43. The molecule has 0 unspecified atom stereocenters. The molecule has 0 aliphatic rings. The monoisotopic (exact) mass is 415 g/mol. The Hall–Kier alpha value is -2.77. The summed E-state index contributed by atoms with van der Waals surface area (Å²) < 4.78 is 34.8. The van der Waals surface area contributed by atoms with Gasteiger partial charge in [0.05, 0.1) is 23.0 Å². The van der Waals surface area contributed by atoms with Crippen LogP contribution in [0.4, 0.5) is 8.78 Å². The predicted molar refractivity (Wildman–Crippen MR) is 112 cm³/mol. The first-order valence-electron chi connectivity index (χ1n) is 10.1. The molecular weight excluding hydrogens is 388 g/mol. The molecule has 1 N–H and O–H groups in total. The lowest BCUT2D eigenvalue weighted by atomic mass is 10.2. The average Bonchev–Trinajstić information content (AvgIpc) is 2.98. The molecule has 3 rings (SSSR count). The fourth-order valence-electron chi connectivity index (χ4n) is 3.37. The molecule has 0 saturated carbocycles. The standard InChI is InChI=1S/C23H27F2N3O2/c1-4-12-27(14-16(2)29)15-22-17(3)26-28(20-10-8-18(24)9-11-20)23(22)30-21-7-5-6-19(25)13-21/h5-11,13,16,29H,4,12,14-15H2,1-3H3/t16-/m0/s1. The highest BCUT2D eigenvalue weighted by Gasteiger charge is 2.22. The second-order valence-corrected chi connectivity index (χ2v) is 7.40. The summed E-state index contributed by atoms with van der Waals surface area (Å²) in [6, 6.07) is 11.8. The highest BCUT2D eigenvalue weighted by atomic mass is 19.1. The van der Waals surface area contributed by atoms with Gasteiger partial charge in [-0.1, -0.05) is 13.0 Å². The predicted octanol–water partition coefficient (Wildman–Crippen LogP) is 4.84. The van der Waals surface area contributed by atoms with Gasteiger partial charge in [0.2, 0.25) is 5.88 Å². The van der Waals surface area contributed by atoms with Crippen LogP contribution in [0.2, 0.25) is 0 Å². The maximum atomic E-state index is 13.7. The summed E-state index contributed by atoms with van der Waals surface area (Å²) in [5.74, 6) is 0.0373. The van der Waals surface area contributed by atoms with Crippen LogP contribution >= 0.6 is 0 Å². The van der Waals surface area contributed by atoms with E-state index < -0.39 is 11.9 Å². The molecule has 0 saturated heterocycles. The lowest BCUT2D eigenvalue weighted by molar-refractivity contribution is 0.122. The number of nitrogens with zero attached hydrogens (tertiary/aromatic N) is 3. The summed E-state index contributed by atoms with van der Waals surface area (Å²) in [5, 5.41) is 14.5. The van der Waals surface area contributed by atoms with Crippen LogP contribution in [0.25, 0.3) is 5.69 Å². The third-order valence-corrected chi connectivity index (χ3v) is 4.66. The molecule has 160 valence electrons. The maximum Gasteiger partial charge on any atom is 0.227 e. The zero-order valence-corrected chi connectivity index (χ0v) is 17.5. The molecule has 30 heavy (non-hydrogen) atoms. The van der Waals surface area contributed by atoms with Crippen molar-refractivity contribution in [3.05, 3.63) is 71.4 Å². The second kappa shape index (κ2) is 9.82. The first-order chi connectivity index (χ1) is 14.4. The quantitative estimate of drug-likeness (QED) is 0.543. The van der Waals surface area contributed by atoms with Crippen LogP contribution in [0.3, 0.4) is 0 Å². The van der Waals surface area contributed by atoms with E-state index in [0.29, 0.717) is 30.4 Å². The van der Waals surface area contributed by atoms with Gasteiger partial charge in [-0.25, -0.2) is 13.5 Å². The number of aryl methyl sites for hydroxylation is 1. The van der Waals surface area contributed by atoms with Crippen molar-refractivity contribution in [2.75, 3.05) is 13.1 Å². The second-order valence-electron chi connectivity index (χ2n) is 7.40.